The summed E-state index contributed by atoms with van der Waals surface area (Å²) in [5.74, 6) is 0. The van der Waals surface area contributed by atoms with Gasteiger partial charge in [-0.25, -0.2) is 0 Å². The van der Waals surface area contributed by atoms with Crippen LogP contribution in [0.2, 0.25) is 0 Å². The Hall–Kier alpha value is -1.12. The lowest BCUT2D eigenvalue weighted by atomic mass is 10.0. The molecular formula is C21H34N2+2. The number of piperazine rings is 3. The number of hydrogen-bond donors (Lipinski definition) is 0. The first kappa shape index (κ1) is 16.7. The minimum atomic E-state index is 1.23. The van der Waals surface area contributed by atoms with Crippen LogP contribution in [0.5, 0.6) is 0 Å². The first-order valence-electron chi connectivity index (χ1n) is 9.61. The predicted octanol–water partition coefficient (Wildman–Crippen LogP) is 4.07. The lowest BCUT2D eigenvalue weighted by Crippen LogP contribution is -2.74. The highest BCUT2D eigenvalue weighted by atomic mass is 15.5. The van der Waals surface area contributed by atoms with Gasteiger partial charge in [0.15, 0.2) is 0 Å². The van der Waals surface area contributed by atoms with Gasteiger partial charge in [0.1, 0.15) is 45.8 Å². The van der Waals surface area contributed by atoms with Gasteiger partial charge in [0, 0.05) is 5.56 Å². The largest absolute Gasteiger partial charge is 0.310 e. The molecule has 3 saturated heterocycles. The van der Waals surface area contributed by atoms with Crippen LogP contribution in [0.15, 0.2) is 30.8 Å². The van der Waals surface area contributed by atoms with E-state index >= 15 is 0 Å². The van der Waals surface area contributed by atoms with Gasteiger partial charge >= 0.3 is 0 Å². The Morgan fingerprint density at radius 2 is 1.48 bits per heavy atom. The quantitative estimate of drug-likeness (QED) is 0.501. The van der Waals surface area contributed by atoms with E-state index < -0.39 is 0 Å². The summed E-state index contributed by atoms with van der Waals surface area (Å²) in [5.41, 5.74) is 2.73. The molecule has 0 radical (unpaired) electrons. The Bertz CT molecular complexity index is 493. The molecule has 1 aromatic rings. The van der Waals surface area contributed by atoms with E-state index in [9.17, 15) is 0 Å². The molecule has 0 spiro atoms. The second kappa shape index (κ2) is 7.19. The maximum absolute atomic E-state index is 3.85. The SMILES string of the molecule is C=Cc1ccc(C[N+]23CC[N+](CCCCCC)(CC2)CC3)cc1. The lowest BCUT2D eigenvalue weighted by molar-refractivity contribution is -1.09. The van der Waals surface area contributed by atoms with Crippen molar-refractivity contribution in [3.63, 3.8) is 0 Å². The van der Waals surface area contributed by atoms with Crippen molar-refractivity contribution in [2.24, 2.45) is 0 Å². The van der Waals surface area contributed by atoms with Crippen LogP contribution in [0.4, 0.5) is 0 Å². The summed E-state index contributed by atoms with van der Waals surface area (Å²) in [6, 6.07) is 9.03. The second-order valence-electron chi connectivity index (χ2n) is 7.91. The fourth-order valence-corrected chi connectivity index (χ4v) is 4.54. The predicted molar refractivity (Wildman–Crippen MR) is 99.0 cm³/mol. The van der Waals surface area contributed by atoms with Crippen LogP contribution in [0.3, 0.4) is 0 Å². The summed E-state index contributed by atoms with van der Waals surface area (Å²) in [6.07, 6.45) is 7.58. The number of hydrogen-bond acceptors (Lipinski definition) is 0. The molecule has 2 heteroatoms. The van der Waals surface area contributed by atoms with Crippen molar-refractivity contribution < 1.29 is 8.97 Å². The molecular weight excluding hydrogens is 280 g/mol. The zero-order valence-electron chi connectivity index (χ0n) is 15.0. The number of benzene rings is 1. The molecule has 0 atom stereocenters. The summed E-state index contributed by atoms with van der Waals surface area (Å²) in [7, 11) is 0. The highest BCUT2D eigenvalue weighted by molar-refractivity contribution is 5.47. The van der Waals surface area contributed by atoms with Crippen LogP contribution in [0.1, 0.15) is 43.7 Å². The molecule has 3 aliphatic heterocycles. The normalized spacial score (nSPS) is 29.6. The Kier molecular flexibility index (Phi) is 5.23. The van der Waals surface area contributed by atoms with Gasteiger partial charge < -0.3 is 8.97 Å². The van der Waals surface area contributed by atoms with Gasteiger partial charge in [-0.3, -0.25) is 0 Å². The highest BCUT2D eigenvalue weighted by Gasteiger charge is 2.48. The molecule has 23 heavy (non-hydrogen) atoms. The topological polar surface area (TPSA) is 0 Å². The van der Waals surface area contributed by atoms with Gasteiger partial charge in [-0.15, -0.1) is 0 Å². The number of quaternary nitrogens is 2. The number of unbranched alkanes of at least 4 members (excludes halogenated alkanes) is 3. The molecule has 4 rings (SSSR count). The number of fused-ring (bicyclic) bond motifs is 3. The van der Waals surface area contributed by atoms with Crippen LogP contribution < -0.4 is 0 Å². The van der Waals surface area contributed by atoms with Crippen molar-refractivity contribution in [2.75, 3.05) is 45.8 Å². The molecule has 0 aliphatic carbocycles. The summed E-state index contributed by atoms with van der Waals surface area (Å²) in [6.45, 7) is 17.2. The van der Waals surface area contributed by atoms with Crippen molar-refractivity contribution in [1.82, 2.24) is 0 Å². The first-order chi connectivity index (χ1) is 11.2. The summed E-state index contributed by atoms with van der Waals surface area (Å²) < 4.78 is 2.77. The number of rotatable bonds is 8. The van der Waals surface area contributed by atoms with Crippen LogP contribution in [-0.4, -0.2) is 54.8 Å². The molecule has 0 N–H and O–H groups in total. The van der Waals surface area contributed by atoms with Crippen LogP contribution in [0.25, 0.3) is 6.08 Å². The van der Waals surface area contributed by atoms with Crippen molar-refractivity contribution in [1.29, 1.82) is 0 Å². The summed E-state index contributed by atoms with van der Waals surface area (Å²) in [5, 5.41) is 0. The zero-order valence-corrected chi connectivity index (χ0v) is 15.0. The van der Waals surface area contributed by atoms with Crippen molar-refractivity contribution in [2.45, 2.75) is 39.2 Å². The average molecular weight is 315 g/mol. The van der Waals surface area contributed by atoms with Crippen molar-refractivity contribution >= 4 is 6.08 Å². The fourth-order valence-electron chi connectivity index (χ4n) is 4.54. The third kappa shape index (κ3) is 3.87. The lowest BCUT2D eigenvalue weighted by Gasteiger charge is -2.55. The third-order valence-electron chi connectivity index (χ3n) is 6.37. The zero-order chi connectivity index (χ0) is 16.2. The highest BCUT2D eigenvalue weighted by Crippen LogP contribution is 2.29. The van der Waals surface area contributed by atoms with Gasteiger partial charge in [0.25, 0.3) is 0 Å². The molecule has 3 fully saturated rings. The third-order valence-corrected chi connectivity index (χ3v) is 6.37. The maximum Gasteiger partial charge on any atom is 0.129 e. The molecule has 3 heterocycles. The second-order valence-corrected chi connectivity index (χ2v) is 7.91. The van der Waals surface area contributed by atoms with Crippen LogP contribution in [-0.2, 0) is 6.54 Å². The number of nitrogens with zero attached hydrogens (tertiary/aromatic N) is 2. The van der Waals surface area contributed by atoms with E-state index in [1.165, 1.54) is 98.1 Å². The molecule has 2 bridgehead atoms. The van der Waals surface area contributed by atoms with Crippen molar-refractivity contribution in [3.8, 4) is 0 Å². The molecule has 0 aromatic heterocycles. The monoisotopic (exact) mass is 314 g/mol. The van der Waals surface area contributed by atoms with E-state index in [4.69, 9.17) is 0 Å². The molecule has 0 unspecified atom stereocenters. The Labute approximate surface area is 142 Å². The summed E-state index contributed by atoms with van der Waals surface area (Å²) >= 11 is 0. The Balaban J connectivity index is 1.55. The molecule has 2 nitrogen and oxygen atoms in total. The van der Waals surface area contributed by atoms with E-state index in [1.54, 1.807) is 0 Å². The van der Waals surface area contributed by atoms with E-state index in [1.807, 2.05) is 6.08 Å². The van der Waals surface area contributed by atoms with E-state index in [2.05, 4.69) is 37.8 Å². The van der Waals surface area contributed by atoms with Gasteiger partial charge in [0.2, 0.25) is 0 Å². The molecule has 3 aliphatic rings. The molecule has 0 amide bonds. The average Bonchev–Trinajstić information content (AvgIpc) is 2.61. The van der Waals surface area contributed by atoms with Crippen LogP contribution in [0, 0.1) is 0 Å². The maximum atomic E-state index is 3.85. The first-order valence-corrected chi connectivity index (χ1v) is 9.61. The summed E-state index contributed by atoms with van der Waals surface area (Å²) in [4.78, 5) is 0. The van der Waals surface area contributed by atoms with E-state index in [0.29, 0.717) is 0 Å². The van der Waals surface area contributed by atoms with Gasteiger partial charge in [-0.2, -0.15) is 0 Å². The van der Waals surface area contributed by atoms with E-state index in [-0.39, 0.29) is 0 Å². The van der Waals surface area contributed by atoms with E-state index in [0.717, 1.165) is 0 Å². The fraction of sp³-hybridized carbons (Fsp3) is 0.619. The standard InChI is InChI=1S/C21H34N2/c1-3-5-6-7-12-22-13-16-23(17-14-22,18-15-22)19-21-10-8-20(4-2)9-11-21/h4,8-11H,2-3,5-7,12-19H2,1H3/q+2. The molecule has 1 aromatic carbocycles. The van der Waals surface area contributed by atoms with Crippen LogP contribution >= 0.6 is 0 Å². The van der Waals surface area contributed by atoms with Crippen molar-refractivity contribution in [3.05, 3.63) is 42.0 Å². The smallest absolute Gasteiger partial charge is 0.129 e. The van der Waals surface area contributed by atoms with Gasteiger partial charge in [-0.1, -0.05) is 56.7 Å². The Morgan fingerprint density at radius 1 is 0.870 bits per heavy atom. The van der Waals surface area contributed by atoms with Gasteiger partial charge in [0.05, 0.1) is 6.54 Å². The minimum absolute atomic E-state index is 1.23. The Morgan fingerprint density at radius 3 is 2.04 bits per heavy atom. The minimum Gasteiger partial charge on any atom is -0.310 e. The molecule has 0 saturated carbocycles. The van der Waals surface area contributed by atoms with Gasteiger partial charge in [-0.05, 0) is 18.4 Å². The molecule has 126 valence electrons.